The summed E-state index contributed by atoms with van der Waals surface area (Å²) in [6.07, 6.45) is 6.27. The van der Waals surface area contributed by atoms with Crippen molar-refractivity contribution in [3.05, 3.63) is 75.7 Å². The van der Waals surface area contributed by atoms with Crippen LogP contribution >= 0.6 is 11.6 Å². The molecule has 4 rings (SSSR count). The zero-order chi connectivity index (χ0) is 19.5. The number of carbonyl (C=O) groups excluding carboxylic acids is 1. The Hall–Kier alpha value is -3.06. The minimum atomic E-state index is -0.356. The lowest BCUT2D eigenvalue weighted by Gasteiger charge is -2.31. The molecule has 0 unspecified atom stereocenters. The number of nitrogens with one attached hydrogen (secondary N) is 1. The molecular formula is C20H18ClN5O2. The van der Waals surface area contributed by atoms with Gasteiger partial charge in [-0.1, -0.05) is 17.7 Å². The SMILES string of the molecule is O=C(c1ccccn1)N1CCC(c2nc(-c3ccncc3)[nH]c(=O)c2Cl)CC1. The molecule has 0 atom stereocenters. The van der Waals surface area contributed by atoms with Crippen molar-refractivity contribution in [2.45, 2.75) is 18.8 Å². The average molecular weight is 396 g/mol. The number of pyridine rings is 2. The van der Waals surface area contributed by atoms with E-state index in [1.165, 1.54) is 0 Å². The maximum atomic E-state index is 12.6. The standard InChI is InChI=1S/C20H18ClN5O2/c21-16-17(24-18(25-19(16)27)14-4-9-22-10-5-14)13-6-11-26(12-7-13)20(28)15-3-1-2-8-23-15/h1-5,8-10,13H,6-7,11-12H2,(H,24,25,27). The van der Waals surface area contributed by atoms with Crippen LogP contribution in [0.2, 0.25) is 5.02 Å². The number of nitrogens with zero attached hydrogens (tertiary/aromatic N) is 4. The Morgan fingerprint density at radius 1 is 1.11 bits per heavy atom. The van der Waals surface area contributed by atoms with Crippen LogP contribution in [0.25, 0.3) is 11.4 Å². The highest BCUT2D eigenvalue weighted by Crippen LogP contribution is 2.31. The molecule has 0 radical (unpaired) electrons. The largest absolute Gasteiger partial charge is 0.337 e. The maximum Gasteiger partial charge on any atom is 0.272 e. The van der Waals surface area contributed by atoms with E-state index in [4.69, 9.17) is 11.6 Å². The van der Waals surface area contributed by atoms with E-state index >= 15 is 0 Å². The van der Waals surface area contributed by atoms with E-state index in [0.717, 1.165) is 5.56 Å². The van der Waals surface area contributed by atoms with Gasteiger partial charge in [0.15, 0.2) is 0 Å². The number of rotatable bonds is 3. The summed E-state index contributed by atoms with van der Waals surface area (Å²) in [4.78, 5) is 42.1. The van der Waals surface area contributed by atoms with E-state index in [-0.39, 0.29) is 22.4 Å². The molecule has 0 saturated carbocycles. The number of halogens is 1. The first-order valence-electron chi connectivity index (χ1n) is 9.04. The number of amides is 1. The van der Waals surface area contributed by atoms with Crippen molar-refractivity contribution >= 4 is 17.5 Å². The monoisotopic (exact) mass is 395 g/mol. The highest BCUT2D eigenvalue weighted by atomic mass is 35.5. The number of hydrogen-bond acceptors (Lipinski definition) is 5. The molecule has 1 saturated heterocycles. The lowest BCUT2D eigenvalue weighted by atomic mass is 9.93. The highest BCUT2D eigenvalue weighted by Gasteiger charge is 2.28. The van der Waals surface area contributed by atoms with Crippen molar-refractivity contribution in [2.24, 2.45) is 0 Å². The molecule has 0 aromatic carbocycles. The Bertz CT molecular complexity index is 1030. The Morgan fingerprint density at radius 2 is 1.86 bits per heavy atom. The molecule has 1 aliphatic rings. The van der Waals surface area contributed by atoms with Gasteiger partial charge in [-0.15, -0.1) is 0 Å². The van der Waals surface area contributed by atoms with Crippen molar-refractivity contribution in [1.29, 1.82) is 0 Å². The smallest absolute Gasteiger partial charge is 0.272 e. The Balaban J connectivity index is 1.54. The summed E-state index contributed by atoms with van der Waals surface area (Å²) >= 11 is 6.27. The van der Waals surface area contributed by atoms with E-state index in [1.807, 2.05) is 0 Å². The summed E-state index contributed by atoms with van der Waals surface area (Å²) in [5.74, 6) is 0.406. The average Bonchev–Trinajstić information content (AvgIpc) is 2.76. The third-order valence-electron chi connectivity index (χ3n) is 4.90. The summed E-state index contributed by atoms with van der Waals surface area (Å²) in [5.41, 5.74) is 1.44. The predicted octanol–water partition coefficient (Wildman–Crippen LogP) is 2.90. The normalized spacial score (nSPS) is 14.8. The van der Waals surface area contributed by atoms with Crippen LogP contribution in [-0.4, -0.2) is 43.8 Å². The maximum absolute atomic E-state index is 12.6. The van der Waals surface area contributed by atoms with Gasteiger partial charge in [-0.3, -0.25) is 19.6 Å². The van der Waals surface area contributed by atoms with Crippen LogP contribution in [0.3, 0.4) is 0 Å². The molecule has 1 fully saturated rings. The van der Waals surface area contributed by atoms with Gasteiger partial charge in [0.25, 0.3) is 11.5 Å². The second-order valence-corrected chi connectivity index (χ2v) is 7.01. The molecule has 7 nitrogen and oxygen atoms in total. The van der Waals surface area contributed by atoms with E-state index in [0.29, 0.717) is 43.1 Å². The Labute approximate surface area is 166 Å². The van der Waals surface area contributed by atoms with Gasteiger partial charge >= 0.3 is 0 Å². The number of carbonyl (C=O) groups is 1. The minimum absolute atomic E-state index is 0.0168. The molecule has 4 heterocycles. The van der Waals surface area contributed by atoms with Gasteiger partial charge in [0, 0.05) is 43.2 Å². The van der Waals surface area contributed by atoms with Crippen LogP contribution in [0.15, 0.2) is 53.7 Å². The summed E-state index contributed by atoms with van der Waals surface area (Å²) in [7, 11) is 0. The first kappa shape index (κ1) is 18.3. The fraction of sp³-hybridized carbons (Fsp3) is 0.250. The van der Waals surface area contributed by atoms with Crippen molar-refractivity contribution in [1.82, 2.24) is 24.8 Å². The lowest BCUT2D eigenvalue weighted by Crippen LogP contribution is -2.38. The van der Waals surface area contributed by atoms with E-state index in [9.17, 15) is 9.59 Å². The molecule has 142 valence electrons. The second kappa shape index (κ2) is 7.90. The lowest BCUT2D eigenvalue weighted by molar-refractivity contribution is 0.0706. The number of piperidine rings is 1. The molecule has 1 N–H and O–H groups in total. The highest BCUT2D eigenvalue weighted by molar-refractivity contribution is 6.31. The quantitative estimate of drug-likeness (QED) is 0.736. The van der Waals surface area contributed by atoms with Crippen molar-refractivity contribution in [2.75, 3.05) is 13.1 Å². The van der Waals surface area contributed by atoms with Crippen LogP contribution in [0.5, 0.6) is 0 Å². The van der Waals surface area contributed by atoms with E-state index in [2.05, 4.69) is 19.9 Å². The molecular weight excluding hydrogens is 378 g/mol. The molecule has 28 heavy (non-hydrogen) atoms. The third kappa shape index (κ3) is 3.66. The van der Waals surface area contributed by atoms with Crippen molar-refractivity contribution in [3.63, 3.8) is 0 Å². The van der Waals surface area contributed by atoms with Gasteiger partial charge in [0.2, 0.25) is 0 Å². The molecule has 0 spiro atoms. The van der Waals surface area contributed by atoms with Crippen LogP contribution in [0, 0.1) is 0 Å². The van der Waals surface area contributed by atoms with Gasteiger partial charge in [-0.05, 0) is 37.1 Å². The van der Waals surface area contributed by atoms with Crippen LogP contribution in [0.4, 0.5) is 0 Å². The molecule has 1 aliphatic heterocycles. The predicted molar refractivity (Wildman–Crippen MR) is 105 cm³/mol. The van der Waals surface area contributed by atoms with Gasteiger partial charge < -0.3 is 9.88 Å². The first-order chi connectivity index (χ1) is 13.6. The number of hydrogen-bond donors (Lipinski definition) is 1. The number of H-pyrrole nitrogens is 1. The summed E-state index contributed by atoms with van der Waals surface area (Å²) in [6, 6.07) is 8.86. The summed E-state index contributed by atoms with van der Waals surface area (Å²) in [6.45, 7) is 1.13. The number of aromatic amines is 1. The molecule has 3 aromatic heterocycles. The number of aromatic nitrogens is 4. The fourth-order valence-corrected chi connectivity index (χ4v) is 3.64. The fourth-order valence-electron chi connectivity index (χ4n) is 3.40. The second-order valence-electron chi connectivity index (χ2n) is 6.63. The number of likely N-dealkylation sites (tertiary alicyclic amines) is 1. The van der Waals surface area contributed by atoms with Crippen LogP contribution < -0.4 is 5.56 Å². The van der Waals surface area contributed by atoms with Crippen molar-refractivity contribution < 1.29 is 4.79 Å². The minimum Gasteiger partial charge on any atom is -0.337 e. The van der Waals surface area contributed by atoms with Gasteiger partial charge in [-0.2, -0.15) is 0 Å². The summed E-state index contributed by atoms with van der Waals surface area (Å²) < 4.78 is 0. The Kier molecular flexibility index (Phi) is 5.16. The summed E-state index contributed by atoms with van der Waals surface area (Å²) in [5, 5.41) is 0.118. The molecule has 1 amide bonds. The van der Waals surface area contributed by atoms with Gasteiger partial charge in [0.05, 0.1) is 5.69 Å². The van der Waals surface area contributed by atoms with E-state index < -0.39 is 0 Å². The third-order valence-corrected chi connectivity index (χ3v) is 5.26. The van der Waals surface area contributed by atoms with Crippen molar-refractivity contribution in [3.8, 4) is 11.4 Å². The topological polar surface area (TPSA) is 91.8 Å². The van der Waals surface area contributed by atoms with Gasteiger partial charge in [-0.25, -0.2) is 4.98 Å². The first-order valence-corrected chi connectivity index (χ1v) is 9.41. The molecule has 3 aromatic rings. The molecule has 8 heteroatoms. The van der Waals surface area contributed by atoms with E-state index in [1.54, 1.807) is 53.8 Å². The van der Waals surface area contributed by atoms with Crippen LogP contribution in [-0.2, 0) is 0 Å². The van der Waals surface area contributed by atoms with Gasteiger partial charge in [0.1, 0.15) is 16.5 Å². The zero-order valence-electron chi connectivity index (χ0n) is 15.0. The zero-order valence-corrected chi connectivity index (χ0v) is 15.8. The molecule has 0 bridgehead atoms. The molecule has 0 aliphatic carbocycles. The Morgan fingerprint density at radius 3 is 2.54 bits per heavy atom. The van der Waals surface area contributed by atoms with Crippen LogP contribution in [0.1, 0.15) is 34.9 Å².